The molecule has 0 unspecified atom stereocenters. The van der Waals surface area contributed by atoms with Gasteiger partial charge in [0, 0.05) is 0 Å². The predicted octanol–water partition coefficient (Wildman–Crippen LogP) is 1.00. The first-order chi connectivity index (χ1) is 6.34. The first-order valence-electron chi connectivity index (χ1n) is 3.48. The zero-order valence-corrected chi connectivity index (χ0v) is 6.81. The fourth-order valence-corrected chi connectivity index (χ4v) is 0.605. The molecule has 0 atom stereocenters. The summed E-state index contributed by atoms with van der Waals surface area (Å²) in [5, 5.41) is 0. The monoisotopic (exact) mass is 214 g/mol. The molecule has 7 heteroatoms. The molecule has 0 radical (unpaired) electrons. The number of hydrogen-bond donors (Lipinski definition) is 0. The Morgan fingerprint density at radius 3 is 1.29 bits per heavy atom. The Morgan fingerprint density at radius 2 is 1.07 bits per heavy atom. The van der Waals surface area contributed by atoms with Crippen molar-refractivity contribution in [2.24, 2.45) is 0 Å². The summed E-state index contributed by atoms with van der Waals surface area (Å²) >= 11 is 0. The van der Waals surface area contributed by atoms with Gasteiger partial charge in [-0.05, 0) is 0 Å². The third-order valence-electron chi connectivity index (χ3n) is 1.23. The fourth-order valence-electron chi connectivity index (χ4n) is 0.605. The lowest BCUT2D eigenvalue weighted by Gasteiger charge is -1.98. The number of halogens is 4. The van der Waals surface area contributed by atoms with Gasteiger partial charge in [-0.25, -0.2) is 17.6 Å². The molecule has 3 nitrogen and oxygen atoms in total. The molecule has 0 aromatic carbocycles. The molecule has 0 aromatic rings. The Labute approximate surface area is 76.1 Å². The van der Waals surface area contributed by atoms with Gasteiger partial charge < -0.3 is 0 Å². The van der Waals surface area contributed by atoms with E-state index in [2.05, 4.69) is 0 Å². The van der Waals surface area contributed by atoms with E-state index in [9.17, 15) is 31.9 Å². The number of Topliss-reactive ketones (excluding diaryl/α,β-unsaturated/α-hetero) is 3. The third kappa shape index (κ3) is 4.68. The van der Waals surface area contributed by atoms with Crippen LogP contribution in [0, 0.1) is 0 Å². The smallest absolute Gasteiger partial charge is 0.296 e. The van der Waals surface area contributed by atoms with Gasteiger partial charge in [-0.3, -0.25) is 14.4 Å². The van der Waals surface area contributed by atoms with E-state index in [1.807, 2.05) is 0 Å². The third-order valence-corrected chi connectivity index (χ3v) is 1.23. The van der Waals surface area contributed by atoms with Crippen molar-refractivity contribution in [2.75, 3.05) is 0 Å². The number of hydrogen-bond acceptors (Lipinski definition) is 3. The molecule has 14 heavy (non-hydrogen) atoms. The Hall–Kier alpha value is -1.27. The fraction of sp³-hybridized carbons (Fsp3) is 0.571. The van der Waals surface area contributed by atoms with Crippen LogP contribution in [0.1, 0.15) is 12.8 Å². The van der Waals surface area contributed by atoms with Crippen LogP contribution >= 0.6 is 0 Å². The molecule has 0 heterocycles. The molecule has 80 valence electrons. The minimum atomic E-state index is -3.32. The van der Waals surface area contributed by atoms with Crippen LogP contribution in [0.25, 0.3) is 0 Å². The molecule has 0 aliphatic rings. The minimum absolute atomic E-state index is 1.18. The lowest BCUT2D eigenvalue weighted by Crippen LogP contribution is -2.20. The molecule has 0 saturated carbocycles. The zero-order valence-electron chi connectivity index (χ0n) is 6.81. The van der Waals surface area contributed by atoms with Gasteiger partial charge >= 0.3 is 0 Å². The first-order valence-corrected chi connectivity index (χ1v) is 3.48. The molecule has 0 saturated heterocycles. The van der Waals surface area contributed by atoms with Crippen LogP contribution in [0.15, 0.2) is 0 Å². The van der Waals surface area contributed by atoms with E-state index in [0.29, 0.717) is 0 Å². The van der Waals surface area contributed by atoms with E-state index in [0.717, 1.165) is 0 Å². The molecule has 0 N–H and O–H groups in total. The second-order valence-corrected chi connectivity index (χ2v) is 2.43. The highest BCUT2D eigenvalue weighted by Crippen LogP contribution is 2.04. The van der Waals surface area contributed by atoms with Crippen molar-refractivity contribution in [2.45, 2.75) is 25.7 Å². The van der Waals surface area contributed by atoms with Crippen LogP contribution in [-0.2, 0) is 14.4 Å². The number of ketones is 3. The zero-order chi connectivity index (χ0) is 11.3. The van der Waals surface area contributed by atoms with Crippen LogP contribution in [0.4, 0.5) is 17.6 Å². The topological polar surface area (TPSA) is 51.2 Å². The summed E-state index contributed by atoms with van der Waals surface area (Å²) in [6.07, 6.45) is -9.01. The molecule has 0 aliphatic carbocycles. The lowest BCUT2D eigenvalue weighted by atomic mass is 10.1. The molecule has 0 spiro atoms. The van der Waals surface area contributed by atoms with Crippen LogP contribution in [0.2, 0.25) is 0 Å². The number of carbonyl (C=O) groups excluding carboxylic acids is 3. The van der Waals surface area contributed by atoms with Gasteiger partial charge in [-0.15, -0.1) is 0 Å². The van der Waals surface area contributed by atoms with E-state index < -0.39 is 43.0 Å². The van der Waals surface area contributed by atoms with Crippen LogP contribution in [0.3, 0.4) is 0 Å². The largest absolute Gasteiger partial charge is 0.299 e. The van der Waals surface area contributed by atoms with E-state index in [1.165, 1.54) is 0 Å². The van der Waals surface area contributed by atoms with Gasteiger partial charge in [0.2, 0.25) is 11.6 Å². The van der Waals surface area contributed by atoms with Crippen molar-refractivity contribution in [3.63, 3.8) is 0 Å². The molecule has 0 rings (SSSR count). The molecule has 0 aliphatic heterocycles. The maximum absolute atomic E-state index is 11.5. The highest BCUT2D eigenvalue weighted by atomic mass is 19.3. The first kappa shape index (κ1) is 12.7. The van der Waals surface area contributed by atoms with E-state index in [1.54, 1.807) is 0 Å². The lowest BCUT2D eigenvalue weighted by molar-refractivity contribution is -0.137. The molecular weight excluding hydrogens is 208 g/mol. The molecule has 0 aromatic heterocycles. The van der Waals surface area contributed by atoms with Gasteiger partial charge in [-0.1, -0.05) is 0 Å². The van der Waals surface area contributed by atoms with Crippen molar-refractivity contribution in [1.29, 1.82) is 0 Å². The maximum Gasteiger partial charge on any atom is 0.296 e. The SMILES string of the molecule is O=C(CC(=O)C(F)F)CC(=O)C(F)F. The van der Waals surface area contributed by atoms with Gasteiger partial charge in [0.1, 0.15) is 5.78 Å². The second kappa shape index (κ2) is 5.46. The van der Waals surface area contributed by atoms with Crippen molar-refractivity contribution < 1.29 is 31.9 Å². The molecule has 0 bridgehead atoms. The molecule has 0 fully saturated rings. The maximum atomic E-state index is 11.5. The standard InChI is InChI=1S/C7H6F4O3/c8-6(9)4(13)1-3(12)2-5(14)7(10)11/h6-7H,1-2H2. The normalized spacial score (nSPS) is 10.7. The summed E-state index contributed by atoms with van der Waals surface area (Å²) in [5.41, 5.74) is 0. The minimum Gasteiger partial charge on any atom is -0.299 e. The summed E-state index contributed by atoms with van der Waals surface area (Å²) in [6.45, 7) is 0. The Morgan fingerprint density at radius 1 is 0.786 bits per heavy atom. The van der Waals surface area contributed by atoms with Crippen molar-refractivity contribution in [3.05, 3.63) is 0 Å². The average molecular weight is 214 g/mol. The second-order valence-electron chi connectivity index (χ2n) is 2.43. The van der Waals surface area contributed by atoms with Crippen LogP contribution < -0.4 is 0 Å². The number of carbonyl (C=O) groups is 3. The highest BCUT2D eigenvalue weighted by molar-refractivity contribution is 6.08. The molecular formula is C7H6F4O3. The van der Waals surface area contributed by atoms with Crippen molar-refractivity contribution in [3.8, 4) is 0 Å². The average Bonchev–Trinajstić information content (AvgIpc) is 2.03. The van der Waals surface area contributed by atoms with Crippen LogP contribution in [-0.4, -0.2) is 30.2 Å². The van der Waals surface area contributed by atoms with Crippen molar-refractivity contribution >= 4 is 17.3 Å². The van der Waals surface area contributed by atoms with Gasteiger partial charge in [0.05, 0.1) is 12.8 Å². The Bertz CT molecular complexity index is 225. The Balaban J connectivity index is 4.00. The summed E-state index contributed by atoms with van der Waals surface area (Å²) in [7, 11) is 0. The van der Waals surface area contributed by atoms with Crippen molar-refractivity contribution in [1.82, 2.24) is 0 Å². The summed E-state index contributed by atoms with van der Waals surface area (Å²) in [6, 6.07) is 0. The Kier molecular flexibility index (Phi) is 4.96. The van der Waals surface area contributed by atoms with E-state index in [4.69, 9.17) is 0 Å². The number of rotatable bonds is 6. The molecule has 0 amide bonds. The summed E-state index contributed by atoms with van der Waals surface area (Å²) < 4.78 is 46.2. The number of alkyl halides is 4. The summed E-state index contributed by atoms with van der Waals surface area (Å²) in [5.74, 6) is -4.56. The summed E-state index contributed by atoms with van der Waals surface area (Å²) in [4.78, 5) is 31.0. The van der Waals surface area contributed by atoms with Gasteiger partial charge in [0.25, 0.3) is 12.9 Å². The van der Waals surface area contributed by atoms with E-state index in [-0.39, 0.29) is 0 Å². The van der Waals surface area contributed by atoms with E-state index >= 15 is 0 Å². The predicted molar refractivity (Wildman–Crippen MR) is 36.3 cm³/mol. The van der Waals surface area contributed by atoms with Gasteiger partial charge in [0.15, 0.2) is 0 Å². The quantitative estimate of drug-likeness (QED) is 0.489. The highest BCUT2D eigenvalue weighted by Gasteiger charge is 2.23. The van der Waals surface area contributed by atoms with Crippen LogP contribution in [0.5, 0.6) is 0 Å². The van der Waals surface area contributed by atoms with Gasteiger partial charge in [-0.2, -0.15) is 0 Å².